The maximum Gasteiger partial charge on any atom is 0.233 e. The third-order valence-electron chi connectivity index (χ3n) is 4.62. The van der Waals surface area contributed by atoms with E-state index in [-0.39, 0.29) is 23.7 Å². The Hall–Kier alpha value is -0.970. The number of imide groups is 1. The quantitative estimate of drug-likeness (QED) is 0.630. The van der Waals surface area contributed by atoms with E-state index in [0.29, 0.717) is 17.5 Å². The van der Waals surface area contributed by atoms with Crippen molar-refractivity contribution in [2.45, 2.75) is 40.0 Å². The zero-order valence-electron chi connectivity index (χ0n) is 11.8. The standard InChI is InChI=1S/C14H22N2O2S/c1-4-8-5-9-10(6-8)12(18)16(11(9)17)7-14(2,3)13(15)19/h8-10H,4-7H2,1-3H3,(H2,15,19). The number of thiocarbonyl (C=S) groups is 1. The monoisotopic (exact) mass is 282 g/mol. The minimum atomic E-state index is -0.497. The van der Waals surface area contributed by atoms with Crippen molar-refractivity contribution >= 4 is 29.0 Å². The fraction of sp³-hybridized carbons (Fsp3) is 0.786. The van der Waals surface area contributed by atoms with E-state index in [1.807, 2.05) is 13.8 Å². The molecular formula is C14H22N2O2S. The van der Waals surface area contributed by atoms with Crippen LogP contribution in [0.25, 0.3) is 0 Å². The maximum atomic E-state index is 12.4. The average molecular weight is 282 g/mol. The van der Waals surface area contributed by atoms with Gasteiger partial charge in [-0.05, 0) is 18.8 Å². The van der Waals surface area contributed by atoms with E-state index in [1.54, 1.807) is 0 Å². The van der Waals surface area contributed by atoms with E-state index in [4.69, 9.17) is 18.0 Å². The SMILES string of the molecule is CCC1CC2C(=O)N(CC(C)(C)C(N)=S)C(=O)C2C1. The van der Waals surface area contributed by atoms with Gasteiger partial charge in [0.1, 0.15) is 0 Å². The van der Waals surface area contributed by atoms with Crippen LogP contribution in [0.15, 0.2) is 0 Å². The molecule has 0 spiro atoms. The zero-order valence-corrected chi connectivity index (χ0v) is 12.6. The lowest BCUT2D eigenvalue weighted by atomic mass is 9.92. The highest BCUT2D eigenvalue weighted by atomic mass is 32.1. The van der Waals surface area contributed by atoms with Gasteiger partial charge in [0.15, 0.2) is 0 Å². The molecule has 0 radical (unpaired) electrons. The van der Waals surface area contributed by atoms with Gasteiger partial charge in [0, 0.05) is 12.0 Å². The van der Waals surface area contributed by atoms with Gasteiger partial charge in [0.05, 0.1) is 16.8 Å². The first-order valence-corrected chi connectivity index (χ1v) is 7.34. The first kappa shape index (κ1) is 14.4. The fourth-order valence-corrected chi connectivity index (χ4v) is 3.22. The normalized spacial score (nSPS) is 30.9. The van der Waals surface area contributed by atoms with Crippen molar-refractivity contribution < 1.29 is 9.59 Å². The van der Waals surface area contributed by atoms with Crippen LogP contribution >= 0.6 is 12.2 Å². The van der Waals surface area contributed by atoms with Crippen LogP contribution in [0.1, 0.15) is 40.0 Å². The van der Waals surface area contributed by atoms with Crippen LogP contribution in [0.4, 0.5) is 0 Å². The molecule has 2 atom stereocenters. The number of hydrogen-bond acceptors (Lipinski definition) is 3. The van der Waals surface area contributed by atoms with Gasteiger partial charge in [-0.1, -0.05) is 39.4 Å². The molecule has 2 rings (SSSR count). The molecule has 2 amide bonds. The van der Waals surface area contributed by atoms with Gasteiger partial charge in [-0.25, -0.2) is 0 Å². The van der Waals surface area contributed by atoms with Crippen LogP contribution in [-0.2, 0) is 9.59 Å². The molecule has 0 aromatic rings. The first-order chi connectivity index (χ1) is 8.77. The van der Waals surface area contributed by atoms with E-state index >= 15 is 0 Å². The molecule has 1 heterocycles. The highest BCUT2D eigenvalue weighted by molar-refractivity contribution is 7.80. The lowest BCUT2D eigenvalue weighted by Crippen LogP contribution is -2.45. The molecule has 2 unspecified atom stereocenters. The summed E-state index contributed by atoms with van der Waals surface area (Å²) in [5.41, 5.74) is 5.18. The molecule has 1 aliphatic heterocycles. The molecule has 2 fully saturated rings. The smallest absolute Gasteiger partial charge is 0.233 e. The van der Waals surface area contributed by atoms with Crippen LogP contribution < -0.4 is 5.73 Å². The van der Waals surface area contributed by atoms with Crippen LogP contribution in [0, 0.1) is 23.2 Å². The largest absolute Gasteiger partial charge is 0.393 e. The molecule has 1 saturated heterocycles. The minimum absolute atomic E-state index is 0.0183. The van der Waals surface area contributed by atoms with E-state index < -0.39 is 5.41 Å². The summed E-state index contributed by atoms with van der Waals surface area (Å²) in [5, 5.41) is 0. The number of rotatable bonds is 4. The summed E-state index contributed by atoms with van der Waals surface area (Å²) in [6.45, 7) is 6.18. The molecule has 2 aliphatic rings. The van der Waals surface area contributed by atoms with Crippen LogP contribution in [0.5, 0.6) is 0 Å². The number of hydrogen-bond donors (Lipinski definition) is 1. The van der Waals surface area contributed by atoms with Crippen molar-refractivity contribution in [1.82, 2.24) is 4.90 Å². The number of nitrogens with two attached hydrogens (primary N) is 1. The molecule has 1 aliphatic carbocycles. The lowest BCUT2D eigenvalue weighted by molar-refractivity contribution is -0.141. The lowest BCUT2D eigenvalue weighted by Gasteiger charge is -2.28. The molecular weight excluding hydrogens is 260 g/mol. The van der Waals surface area contributed by atoms with Gasteiger partial charge in [-0.3, -0.25) is 14.5 Å². The summed E-state index contributed by atoms with van der Waals surface area (Å²) < 4.78 is 0. The van der Waals surface area contributed by atoms with E-state index in [1.165, 1.54) is 4.90 Å². The number of nitrogens with zero attached hydrogens (tertiary/aromatic N) is 1. The van der Waals surface area contributed by atoms with E-state index in [9.17, 15) is 9.59 Å². The molecule has 5 heteroatoms. The molecule has 106 valence electrons. The van der Waals surface area contributed by atoms with Crippen molar-refractivity contribution in [3.63, 3.8) is 0 Å². The summed E-state index contributed by atoms with van der Waals surface area (Å²) in [7, 11) is 0. The molecule has 4 nitrogen and oxygen atoms in total. The van der Waals surface area contributed by atoms with Gasteiger partial charge in [0.2, 0.25) is 11.8 Å². The Labute approximate surface area is 119 Å². The van der Waals surface area contributed by atoms with Crippen molar-refractivity contribution in [3.05, 3.63) is 0 Å². The van der Waals surface area contributed by atoms with E-state index in [0.717, 1.165) is 19.3 Å². The Bertz CT molecular complexity index is 409. The zero-order chi connectivity index (χ0) is 14.4. The van der Waals surface area contributed by atoms with Crippen molar-refractivity contribution in [1.29, 1.82) is 0 Å². The Morgan fingerprint density at radius 1 is 1.32 bits per heavy atom. The molecule has 2 N–H and O–H groups in total. The number of amides is 2. The van der Waals surface area contributed by atoms with Gasteiger partial charge in [-0.15, -0.1) is 0 Å². The Balaban J connectivity index is 2.13. The van der Waals surface area contributed by atoms with Gasteiger partial charge in [0.25, 0.3) is 0 Å². The number of fused-ring (bicyclic) bond motifs is 1. The van der Waals surface area contributed by atoms with Crippen molar-refractivity contribution in [2.75, 3.05) is 6.54 Å². The van der Waals surface area contributed by atoms with Gasteiger partial charge < -0.3 is 5.73 Å². The second kappa shape index (κ2) is 4.85. The molecule has 19 heavy (non-hydrogen) atoms. The fourth-order valence-electron chi connectivity index (χ4n) is 3.16. The van der Waals surface area contributed by atoms with Crippen molar-refractivity contribution in [2.24, 2.45) is 28.9 Å². The highest BCUT2D eigenvalue weighted by Crippen LogP contribution is 2.44. The number of likely N-dealkylation sites (tertiary alicyclic amines) is 1. The summed E-state index contributed by atoms with van der Waals surface area (Å²) in [6, 6.07) is 0. The van der Waals surface area contributed by atoms with Crippen LogP contribution in [0.3, 0.4) is 0 Å². The summed E-state index contributed by atoms with van der Waals surface area (Å²) >= 11 is 5.01. The minimum Gasteiger partial charge on any atom is -0.393 e. The summed E-state index contributed by atoms with van der Waals surface area (Å²) in [6.07, 6.45) is 2.76. The number of carbonyl (C=O) groups excluding carboxylic acids is 2. The Morgan fingerprint density at radius 2 is 1.79 bits per heavy atom. The summed E-state index contributed by atoms with van der Waals surface area (Å²) in [5.74, 6) is 0.290. The molecule has 0 bridgehead atoms. The second-order valence-corrected chi connectivity index (χ2v) is 6.91. The molecule has 1 saturated carbocycles. The van der Waals surface area contributed by atoms with E-state index in [2.05, 4.69) is 6.92 Å². The van der Waals surface area contributed by atoms with Crippen molar-refractivity contribution in [3.8, 4) is 0 Å². The first-order valence-electron chi connectivity index (χ1n) is 6.93. The number of carbonyl (C=O) groups is 2. The summed E-state index contributed by atoms with van der Waals surface area (Å²) in [4.78, 5) is 26.5. The van der Waals surface area contributed by atoms with Crippen LogP contribution in [-0.4, -0.2) is 28.2 Å². The predicted molar refractivity (Wildman–Crippen MR) is 77.3 cm³/mol. The maximum absolute atomic E-state index is 12.4. The topological polar surface area (TPSA) is 63.4 Å². The average Bonchev–Trinajstić information content (AvgIpc) is 2.85. The Morgan fingerprint density at radius 3 is 2.16 bits per heavy atom. The third kappa shape index (κ3) is 2.40. The van der Waals surface area contributed by atoms with Gasteiger partial charge >= 0.3 is 0 Å². The molecule has 0 aromatic carbocycles. The second-order valence-electron chi connectivity index (χ2n) is 6.47. The predicted octanol–water partition coefficient (Wildman–Crippen LogP) is 1.72. The Kier molecular flexibility index (Phi) is 3.69. The highest BCUT2D eigenvalue weighted by Gasteiger charge is 2.53. The third-order valence-corrected chi connectivity index (χ3v) is 5.18. The molecule has 0 aromatic heterocycles. The van der Waals surface area contributed by atoms with Gasteiger partial charge in [-0.2, -0.15) is 0 Å². The van der Waals surface area contributed by atoms with Crippen LogP contribution in [0.2, 0.25) is 0 Å².